The van der Waals surface area contributed by atoms with E-state index in [1.165, 1.54) is 4.52 Å². The third kappa shape index (κ3) is 3.97. The van der Waals surface area contributed by atoms with Gasteiger partial charge in [-0.1, -0.05) is 0 Å². The van der Waals surface area contributed by atoms with E-state index in [0.29, 0.717) is 18.8 Å². The van der Waals surface area contributed by atoms with Crippen LogP contribution in [0.25, 0.3) is 5.78 Å². The lowest BCUT2D eigenvalue weighted by molar-refractivity contribution is -0.141. The number of alkyl halides is 3. The molecule has 0 aliphatic heterocycles. The topological polar surface area (TPSA) is 95.7 Å². The summed E-state index contributed by atoms with van der Waals surface area (Å²) >= 11 is 0. The van der Waals surface area contributed by atoms with Crippen LogP contribution in [0.1, 0.15) is 31.4 Å². The highest BCUT2D eigenvalue weighted by Gasteiger charge is 2.38. The summed E-state index contributed by atoms with van der Waals surface area (Å²) in [6.07, 6.45) is 0.175. The molecule has 0 atom stereocenters. The maximum absolute atomic E-state index is 13.0. The minimum absolute atomic E-state index is 0.00527. The molecule has 4 rings (SSSR count). The number of carboxylic acids is 1. The standard InChI is InChI=1S/C16H19F3N6O2/c17-16(18,19)12-5-13(25-15(23-12)20-8-21-25)22-10-3-11(4-10)24(7-14(26)27)6-9-1-2-9/h5,8-11,22H,1-4,6-7H2,(H,26,27). The van der Waals surface area contributed by atoms with Crippen LogP contribution in [-0.2, 0) is 11.0 Å². The molecule has 11 heteroatoms. The third-order valence-electron chi connectivity index (χ3n) is 5.05. The fourth-order valence-electron chi connectivity index (χ4n) is 3.42. The molecule has 2 aliphatic carbocycles. The number of hydrogen-bond donors (Lipinski definition) is 2. The van der Waals surface area contributed by atoms with Gasteiger partial charge in [0.2, 0.25) is 0 Å². The molecule has 2 aromatic rings. The number of aliphatic carboxylic acids is 1. The van der Waals surface area contributed by atoms with Crippen molar-refractivity contribution in [2.45, 2.75) is 43.9 Å². The van der Waals surface area contributed by atoms with E-state index in [1.807, 2.05) is 4.90 Å². The highest BCUT2D eigenvalue weighted by atomic mass is 19.4. The fourth-order valence-corrected chi connectivity index (χ4v) is 3.42. The predicted molar refractivity (Wildman–Crippen MR) is 88.1 cm³/mol. The van der Waals surface area contributed by atoms with E-state index < -0.39 is 17.8 Å². The molecule has 2 aromatic heterocycles. The average Bonchev–Trinajstić information content (AvgIpc) is 3.21. The van der Waals surface area contributed by atoms with Gasteiger partial charge in [0.25, 0.3) is 5.78 Å². The molecule has 0 bridgehead atoms. The van der Waals surface area contributed by atoms with Gasteiger partial charge in [-0.3, -0.25) is 9.69 Å². The average molecular weight is 384 g/mol. The first-order valence-electron chi connectivity index (χ1n) is 8.80. The Morgan fingerprint density at radius 1 is 1.37 bits per heavy atom. The zero-order chi connectivity index (χ0) is 19.2. The van der Waals surface area contributed by atoms with Crippen molar-refractivity contribution < 1.29 is 23.1 Å². The van der Waals surface area contributed by atoms with Gasteiger partial charge in [0, 0.05) is 24.7 Å². The van der Waals surface area contributed by atoms with Gasteiger partial charge in [-0.15, -0.1) is 0 Å². The summed E-state index contributed by atoms with van der Waals surface area (Å²) in [6.45, 7) is 0.763. The van der Waals surface area contributed by atoms with Crippen LogP contribution in [0, 0.1) is 5.92 Å². The molecule has 2 fully saturated rings. The maximum Gasteiger partial charge on any atom is 0.433 e. The van der Waals surface area contributed by atoms with Gasteiger partial charge >= 0.3 is 12.1 Å². The van der Waals surface area contributed by atoms with Crippen molar-refractivity contribution in [1.29, 1.82) is 0 Å². The zero-order valence-corrected chi connectivity index (χ0v) is 14.4. The van der Waals surface area contributed by atoms with Crippen molar-refractivity contribution in [3.8, 4) is 0 Å². The molecule has 0 aromatic carbocycles. The number of anilines is 1. The summed E-state index contributed by atoms with van der Waals surface area (Å²) in [5.74, 6) is -0.231. The molecule has 0 saturated heterocycles. The molecule has 146 valence electrons. The number of aromatic nitrogens is 4. The van der Waals surface area contributed by atoms with Crippen LogP contribution in [-0.4, -0.2) is 60.7 Å². The number of carboxylic acid groups (broad SMARTS) is 1. The van der Waals surface area contributed by atoms with E-state index >= 15 is 0 Å². The van der Waals surface area contributed by atoms with Gasteiger partial charge in [-0.05, 0) is 31.6 Å². The second kappa shape index (κ2) is 6.63. The molecule has 0 radical (unpaired) electrons. The first kappa shape index (κ1) is 18.0. The third-order valence-corrected chi connectivity index (χ3v) is 5.05. The van der Waals surface area contributed by atoms with Crippen molar-refractivity contribution in [3.63, 3.8) is 0 Å². The van der Waals surface area contributed by atoms with Crippen molar-refractivity contribution in [2.75, 3.05) is 18.4 Å². The van der Waals surface area contributed by atoms with Crippen molar-refractivity contribution in [1.82, 2.24) is 24.5 Å². The van der Waals surface area contributed by atoms with Gasteiger partial charge in [-0.2, -0.15) is 27.8 Å². The Labute approximate surface area is 152 Å². The smallest absolute Gasteiger partial charge is 0.433 e. The molecular weight excluding hydrogens is 365 g/mol. The number of nitrogens with zero attached hydrogens (tertiary/aromatic N) is 5. The number of halogens is 3. The van der Waals surface area contributed by atoms with E-state index in [-0.39, 0.29) is 30.2 Å². The number of carbonyl (C=O) groups is 1. The first-order valence-corrected chi connectivity index (χ1v) is 8.80. The Morgan fingerprint density at radius 2 is 2.11 bits per heavy atom. The highest BCUT2D eigenvalue weighted by molar-refractivity contribution is 5.69. The van der Waals surface area contributed by atoms with Crippen LogP contribution in [0.4, 0.5) is 19.0 Å². The maximum atomic E-state index is 13.0. The summed E-state index contributed by atoms with van der Waals surface area (Å²) in [5.41, 5.74) is -1.03. The molecule has 2 heterocycles. The van der Waals surface area contributed by atoms with Crippen molar-refractivity contribution >= 4 is 17.6 Å². The van der Waals surface area contributed by atoms with Gasteiger partial charge in [-0.25, -0.2) is 4.98 Å². The van der Waals surface area contributed by atoms with E-state index in [2.05, 4.69) is 20.4 Å². The normalized spacial score (nSPS) is 22.8. The van der Waals surface area contributed by atoms with E-state index in [9.17, 15) is 18.0 Å². The van der Waals surface area contributed by atoms with Crippen LogP contribution < -0.4 is 5.32 Å². The minimum atomic E-state index is -4.57. The quantitative estimate of drug-likeness (QED) is 0.753. The Kier molecular flexibility index (Phi) is 4.41. The molecule has 0 amide bonds. The molecular formula is C16H19F3N6O2. The zero-order valence-electron chi connectivity index (χ0n) is 14.4. The van der Waals surface area contributed by atoms with Crippen molar-refractivity contribution in [2.24, 2.45) is 5.92 Å². The Hall–Kier alpha value is -2.43. The molecule has 2 saturated carbocycles. The summed E-state index contributed by atoms with van der Waals surface area (Å²) < 4.78 is 40.4. The van der Waals surface area contributed by atoms with Gasteiger partial charge < -0.3 is 10.4 Å². The monoisotopic (exact) mass is 384 g/mol. The second-order valence-corrected chi connectivity index (χ2v) is 7.23. The van der Waals surface area contributed by atoms with Crippen LogP contribution in [0.2, 0.25) is 0 Å². The van der Waals surface area contributed by atoms with Gasteiger partial charge in [0.1, 0.15) is 12.1 Å². The number of hydrogen-bond acceptors (Lipinski definition) is 6. The predicted octanol–water partition coefficient (Wildman–Crippen LogP) is 1.88. The largest absolute Gasteiger partial charge is 0.480 e. The lowest BCUT2D eigenvalue weighted by atomic mass is 9.85. The van der Waals surface area contributed by atoms with Gasteiger partial charge in [0.15, 0.2) is 5.69 Å². The van der Waals surface area contributed by atoms with E-state index in [1.54, 1.807) is 0 Å². The second-order valence-electron chi connectivity index (χ2n) is 7.23. The number of rotatable bonds is 7. The lowest BCUT2D eigenvalue weighted by Gasteiger charge is -2.43. The first-order chi connectivity index (χ1) is 12.8. The molecule has 8 nitrogen and oxygen atoms in total. The Bertz CT molecular complexity index is 844. The van der Waals surface area contributed by atoms with Crippen LogP contribution >= 0.6 is 0 Å². The van der Waals surface area contributed by atoms with Gasteiger partial charge in [0.05, 0.1) is 6.54 Å². The Morgan fingerprint density at radius 3 is 2.74 bits per heavy atom. The SMILES string of the molecule is O=C(O)CN(CC1CC1)C1CC(Nc2cc(C(F)(F)F)nc3ncnn23)C1. The molecule has 2 aliphatic rings. The molecule has 0 unspecified atom stereocenters. The van der Waals surface area contributed by atoms with Crippen LogP contribution in [0.15, 0.2) is 12.4 Å². The van der Waals surface area contributed by atoms with E-state index in [0.717, 1.165) is 31.8 Å². The molecule has 27 heavy (non-hydrogen) atoms. The van der Waals surface area contributed by atoms with Crippen LogP contribution in [0.3, 0.4) is 0 Å². The summed E-state index contributed by atoms with van der Waals surface area (Å²) in [5, 5.41) is 16.1. The highest BCUT2D eigenvalue weighted by Crippen LogP contribution is 2.35. The minimum Gasteiger partial charge on any atom is -0.480 e. The lowest BCUT2D eigenvalue weighted by Crippen LogP contribution is -2.52. The Balaban J connectivity index is 1.44. The van der Waals surface area contributed by atoms with E-state index in [4.69, 9.17) is 5.11 Å². The molecule has 0 spiro atoms. The number of nitrogens with one attached hydrogen (secondary N) is 1. The fraction of sp³-hybridized carbons (Fsp3) is 0.625. The number of fused-ring (bicyclic) bond motifs is 1. The summed E-state index contributed by atoms with van der Waals surface area (Å²) in [6, 6.07) is 0.990. The summed E-state index contributed by atoms with van der Waals surface area (Å²) in [7, 11) is 0. The molecule has 2 N–H and O–H groups in total. The van der Waals surface area contributed by atoms with Crippen LogP contribution in [0.5, 0.6) is 0 Å². The van der Waals surface area contributed by atoms with Crippen molar-refractivity contribution in [3.05, 3.63) is 18.1 Å². The summed E-state index contributed by atoms with van der Waals surface area (Å²) in [4.78, 5) is 20.3.